The van der Waals surface area contributed by atoms with Crippen LogP contribution in [0.15, 0.2) is 52.4 Å². The molecule has 0 bridgehead atoms. The summed E-state index contributed by atoms with van der Waals surface area (Å²) in [5.74, 6) is -0.266. The number of fused-ring (bicyclic) bond motifs is 1. The average Bonchev–Trinajstić information content (AvgIpc) is 3.02. The van der Waals surface area contributed by atoms with Crippen molar-refractivity contribution >= 4 is 48.9 Å². The monoisotopic (exact) mass is 452 g/mol. The molecule has 3 rings (SSSR count). The van der Waals surface area contributed by atoms with Crippen molar-refractivity contribution in [3.05, 3.63) is 57.9 Å². The van der Waals surface area contributed by atoms with Crippen molar-refractivity contribution in [2.24, 2.45) is 4.99 Å². The summed E-state index contributed by atoms with van der Waals surface area (Å²) in [5.41, 5.74) is 1.65. The average molecular weight is 453 g/mol. The molecule has 29 heavy (non-hydrogen) atoms. The van der Waals surface area contributed by atoms with Crippen LogP contribution in [0.2, 0.25) is 5.02 Å². The predicted molar refractivity (Wildman–Crippen MR) is 115 cm³/mol. The molecule has 9 heteroatoms. The maximum atomic E-state index is 12.5. The van der Waals surface area contributed by atoms with Gasteiger partial charge in [0.1, 0.15) is 0 Å². The topological polar surface area (TPSA) is 77.7 Å². The van der Waals surface area contributed by atoms with Crippen LogP contribution < -0.4 is 4.80 Å². The van der Waals surface area contributed by atoms with Gasteiger partial charge >= 0.3 is 0 Å². The fourth-order valence-electron chi connectivity index (χ4n) is 2.83. The van der Waals surface area contributed by atoms with E-state index < -0.39 is 9.84 Å². The summed E-state index contributed by atoms with van der Waals surface area (Å²) >= 11 is 7.48. The molecule has 0 aliphatic rings. The third-order valence-electron chi connectivity index (χ3n) is 4.40. The second-order valence-corrected chi connectivity index (χ2v) is 10.1. The highest BCUT2D eigenvalue weighted by atomic mass is 35.5. The number of carbonyl (C=O) groups excluding carboxylic acids is 1. The molecule has 0 atom stereocenters. The van der Waals surface area contributed by atoms with Crippen molar-refractivity contribution in [1.29, 1.82) is 0 Å². The Hall–Kier alpha value is -2.00. The summed E-state index contributed by atoms with van der Waals surface area (Å²) in [7, 11) is -1.64. The molecule has 3 aromatic rings. The fourth-order valence-corrected chi connectivity index (χ4v) is 5.07. The van der Waals surface area contributed by atoms with Gasteiger partial charge in [0.2, 0.25) is 0 Å². The van der Waals surface area contributed by atoms with Gasteiger partial charge in [-0.05, 0) is 35.9 Å². The highest BCUT2D eigenvalue weighted by Crippen LogP contribution is 2.22. The Morgan fingerprint density at radius 2 is 1.93 bits per heavy atom. The van der Waals surface area contributed by atoms with Crippen molar-refractivity contribution in [1.82, 2.24) is 4.57 Å². The zero-order chi connectivity index (χ0) is 21.0. The first-order valence-corrected chi connectivity index (χ1v) is 11.9. The summed E-state index contributed by atoms with van der Waals surface area (Å²) in [5, 5.41) is 0.623. The molecule has 0 N–H and O–H groups in total. The van der Waals surface area contributed by atoms with Gasteiger partial charge in [-0.15, -0.1) is 0 Å². The molecular formula is C20H21ClN2O4S2. The number of methoxy groups -OCH3 is 1. The molecule has 154 valence electrons. The van der Waals surface area contributed by atoms with E-state index >= 15 is 0 Å². The molecule has 1 heterocycles. The van der Waals surface area contributed by atoms with Crippen molar-refractivity contribution in [3.8, 4) is 0 Å². The second-order valence-electron chi connectivity index (χ2n) is 6.37. The van der Waals surface area contributed by atoms with Crippen LogP contribution in [-0.4, -0.2) is 38.4 Å². The van der Waals surface area contributed by atoms with E-state index in [0.29, 0.717) is 28.5 Å². The van der Waals surface area contributed by atoms with E-state index in [2.05, 4.69) is 4.99 Å². The Labute approximate surface area is 178 Å². The lowest BCUT2D eigenvalue weighted by Crippen LogP contribution is -2.19. The Bertz CT molecular complexity index is 1200. The molecule has 0 aliphatic carbocycles. The molecule has 0 spiro atoms. The number of thiazole rings is 1. The van der Waals surface area contributed by atoms with Crippen LogP contribution in [0.3, 0.4) is 0 Å². The van der Waals surface area contributed by atoms with E-state index in [4.69, 9.17) is 16.3 Å². The van der Waals surface area contributed by atoms with Crippen LogP contribution in [0.1, 0.15) is 12.5 Å². The minimum Gasteiger partial charge on any atom is -0.383 e. The number of amides is 1. The third kappa shape index (κ3) is 5.14. The van der Waals surface area contributed by atoms with Crippen LogP contribution in [0, 0.1) is 0 Å². The first-order chi connectivity index (χ1) is 13.8. The molecule has 0 fully saturated rings. The molecule has 0 saturated carbocycles. The number of benzene rings is 2. The zero-order valence-electron chi connectivity index (χ0n) is 16.1. The maximum Gasteiger partial charge on any atom is 0.252 e. The van der Waals surface area contributed by atoms with Gasteiger partial charge in [0.05, 0.1) is 33.9 Å². The van der Waals surface area contributed by atoms with Crippen LogP contribution in [-0.2, 0) is 32.3 Å². The van der Waals surface area contributed by atoms with Gasteiger partial charge in [-0.1, -0.05) is 42.0 Å². The lowest BCUT2D eigenvalue weighted by molar-refractivity contribution is -0.117. The number of sulfone groups is 1. The predicted octanol–water partition coefficient (Wildman–Crippen LogP) is 3.47. The molecule has 6 nitrogen and oxygen atoms in total. The van der Waals surface area contributed by atoms with Crippen molar-refractivity contribution < 1.29 is 17.9 Å². The minimum atomic E-state index is -3.26. The Kier molecular flexibility index (Phi) is 6.89. The van der Waals surface area contributed by atoms with Gasteiger partial charge in [0.25, 0.3) is 5.91 Å². The number of hydrogen-bond acceptors (Lipinski definition) is 5. The van der Waals surface area contributed by atoms with E-state index in [0.717, 1.165) is 10.2 Å². The van der Waals surface area contributed by atoms with Crippen LogP contribution >= 0.6 is 22.9 Å². The SMILES string of the molecule is CCS(=O)(=O)c1ccc(CC(=O)N=c2sc3cc(Cl)ccc3n2CCOC)cc1. The molecule has 1 amide bonds. The van der Waals surface area contributed by atoms with E-state index in [9.17, 15) is 13.2 Å². The van der Waals surface area contributed by atoms with Crippen molar-refractivity contribution in [2.45, 2.75) is 24.8 Å². The third-order valence-corrected chi connectivity index (χ3v) is 7.43. The molecule has 0 unspecified atom stereocenters. The Morgan fingerprint density at radius 1 is 1.21 bits per heavy atom. The zero-order valence-corrected chi connectivity index (χ0v) is 18.5. The van der Waals surface area contributed by atoms with Gasteiger partial charge < -0.3 is 9.30 Å². The number of ether oxygens (including phenoxy) is 1. The lowest BCUT2D eigenvalue weighted by Gasteiger charge is -2.04. The second kappa shape index (κ2) is 9.21. The van der Waals surface area contributed by atoms with Crippen molar-refractivity contribution in [3.63, 3.8) is 0 Å². The normalized spacial score (nSPS) is 12.6. The molecule has 0 radical (unpaired) electrons. The Morgan fingerprint density at radius 3 is 2.59 bits per heavy atom. The van der Waals surface area contributed by atoms with Crippen molar-refractivity contribution in [2.75, 3.05) is 19.5 Å². The van der Waals surface area contributed by atoms with E-state index in [1.807, 2.05) is 16.7 Å². The molecule has 2 aromatic carbocycles. The van der Waals surface area contributed by atoms with Crippen LogP contribution in [0.4, 0.5) is 0 Å². The maximum absolute atomic E-state index is 12.5. The van der Waals surface area contributed by atoms with Crippen LogP contribution in [0.5, 0.6) is 0 Å². The fraction of sp³-hybridized carbons (Fsp3) is 0.300. The van der Waals surface area contributed by atoms with Gasteiger partial charge in [-0.2, -0.15) is 4.99 Å². The number of carbonyl (C=O) groups is 1. The van der Waals surface area contributed by atoms with Gasteiger partial charge in [-0.3, -0.25) is 4.79 Å². The minimum absolute atomic E-state index is 0.0397. The molecule has 1 aromatic heterocycles. The summed E-state index contributed by atoms with van der Waals surface area (Å²) in [6.45, 7) is 2.65. The number of nitrogens with zero attached hydrogens (tertiary/aromatic N) is 2. The van der Waals surface area contributed by atoms with E-state index in [1.54, 1.807) is 32.2 Å². The molecule has 0 saturated heterocycles. The highest BCUT2D eigenvalue weighted by Gasteiger charge is 2.12. The number of hydrogen-bond donors (Lipinski definition) is 0. The quantitative estimate of drug-likeness (QED) is 0.550. The van der Waals surface area contributed by atoms with Gasteiger partial charge in [-0.25, -0.2) is 8.42 Å². The number of halogens is 1. The van der Waals surface area contributed by atoms with Crippen LogP contribution in [0.25, 0.3) is 10.2 Å². The smallest absolute Gasteiger partial charge is 0.252 e. The molecular weight excluding hydrogens is 432 g/mol. The first kappa shape index (κ1) is 21.7. The summed E-state index contributed by atoms with van der Waals surface area (Å²) in [6.07, 6.45) is 0.0890. The van der Waals surface area contributed by atoms with E-state index in [-0.39, 0.29) is 23.0 Å². The summed E-state index contributed by atoms with van der Waals surface area (Å²) < 4.78 is 31.9. The Balaban J connectivity index is 1.89. The highest BCUT2D eigenvalue weighted by molar-refractivity contribution is 7.91. The number of rotatable bonds is 7. The largest absolute Gasteiger partial charge is 0.383 e. The summed E-state index contributed by atoms with van der Waals surface area (Å²) in [4.78, 5) is 17.7. The lowest BCUT2D eigenvalue weighted by atomic mass is 10.1. The van der Waals surface area contributed by atoms with Gasteiger partial charge in [0, 0.05) is 18.7 Å². The molecule has 0 aliphatic heterocycles. The first-order valence-electron chi connectivity index (χ1n) is 9.01. The standard InChI is InChI=1S/C20H21ClN2O4S2/c1-3-29(25,26)16-7-4-14(5-8-16)12-19(24)22-20-23(10-11-27-2)17-9-6-15(21)13-18(17)28-20/h4-9,13H,3,10-12H2,1-2H3. The van der Waals surface area contributed by atoms with E-state index in [1.165, 1.54) is 23.5 Å². The van der Waals surface area contributed by atoms with Gasteiger partial charge in [0.15, 0.2) is 14.6 Å². The summed E-state index contributed by atoms with van der Waals surface area (Å²) in [6, 6.07) is 11.9. The number of aromatic nitrogens is 1.